The predicted octanol–water partition coefficient (Wildman–Crippen LogP) is 4.30. The molecule has 0 aromatic heterocycles. The Morgan fingerprint density at radius 3 is 2.90 bits per heavy atom. The Kier molecular flexibility index (Phi) is 4.33. The molecular formula is C16H15BrINO. The molecular weight excluding hydrogens is 429 g/mol. The van der Waals surface area contributed by atoms with E-state index in [1.54, 1.807) is 0 Å². The molecule has 2 aromatic rings. The number of nitrogens with one attached hydrogen (secondary N) is 1. The van der Waals surface area contributed by atoms with E-state index in [0.717, 1.165) is 23.2 Å². The maximum Gasteiger partial charge on any atom is 0.127 e. The Balaban J connectivity index is 2.10. The number of rotatable bonds is 3. The van der Waals surface area contributed by atoms with Crippen molar-refractivity contribution in [2.45, 2.75) is 12.5 Å². The topological polar surface area (TPSA) is 21.3 Å². The summed E-state index contributed by atoms with van der Waals surface area (Å²) in [6.07, 6.45) is 0.991. The average Bonchev–Trinajstić information content (AvgIpc) is 2.87. The van der Waals surface area contributed by atoms with Gasteiger partial charge in [0.15, 0.2) is 0 Å². The molecule has 2 aromatic carbocycles. The zero-order valence-corrected chi connectivity index (χ0v) is 14.9. The fourth-order valence-corrected chi connectivity index (χ4v) is 3.79. The van der Waals surface area contributed by atoms with E-state index in [1.807, 2.05) is 7.05 Å². The molecule has 0 spiro atoms. The SMILES string of the molecule is CNC(c1cccc(I)c1)c1cc(Br)cc2c1OCC2. The van der Waals surface area contributed by atoms with Gasteiger partial charge in [0.05, 0.1) is 12.6 Å². The normalized spacial score (nSPS) is 14.8. The Morgan fingerprint density at radius 2 is 2.15 bits per heavy atom. The van der Waals surface area contributed by atoms with Crippen molar-refractivity contribution in [3.63, 3.8) is 0 Å². The van der Waals surface area contributed by atoms with E-state index in [4.69, 9.17) is 4.74 Å². The number of hydrogen-bond donors (Lipinski definition) is 1. The first-order valence-corrected chi connectivity index (χ1v) is 8.44. The highest BCUT2D eigenvalue weighted by Gasteiger charge is 2.23. The summed E-state index contributed by atoms with van der Waals surface area (Å²) in [5, 5.41) is 3.41. The Hall–Kier alpha value is -0.590. The van der Waals surface area contributed by atoms with E-state index in [2.05, 4.69) is 80.2 Å². The number of fused-ring (bicyclic) bond motifs is 1. The second-order valence-corrected chi connectivity index (χ2v) is 7.02. The van der Waals surface area contributed by atoms with Crippen LogP contribution in [0.4, 0.5) is 0 Å². The quantitative estimate of drug-likeness (QED) is 0.714. The van der Waals surface area contributed by atoms with Crippen molar-refractivity contribution in [2.24, 2.45) is 0 Å². The van der Waals surface area contributed by atoms with Gasteiger partial charge in [-0.15, -0.1) is 0 Å². The van der Waals surface area contributed by atoms with Crippen molar-refractivity contribution in [2.75, 3.05) is 13.7 Å². The minimum atomic E-state index is 0.147. The largest absolute Gasteiger partial charge is 0.493 e. The van der Waals surface area contributed by atoms with Crippen molar-refractivity contribution in [1.82, 2.24) is 5.32 Å². The smallest absolute Gasteiger partial charge is 0.127 e. The predicted molar refractivity (Wildman–Crippen MR) is 93.4 cm³/mol. The van der Waals surface area contributed by atoms with Gasteiger partial charge in [-0.2, -0.15) is 0 Å². The van der Waals surface area contributed by atoms with Crippen LogP contribution in [0.15, 0.2) is 40.9 Å². The van der Waals surface area contributed by atoms with Crippen LogP contribution < -0.4 is 10.1 Å². The highest BCUT2D eigenvalue weighted by Crippen LogP contribution is 2.38. The lowest BCUT2D eigenvalue weighted by molar-refractivity contribution is 0.351. The summed E-state index contributed by atoms with van der Waals surface area (Å²) in [7, 11) is 1.99. The molecule has 0 radical (unpaired) electrons. The number of halogens is 2. The lowest BCUT2D eigenvalue weighted by Gasteiger charge is -2.20. The number of ether oxygens (including phenoxy) is 1. The van der Waals surface area contributed by atoms with Crippen LogP contribution in [0.25, 0.3) is 0 Å². The first kappa shape index (κ1) is 14.4. The summed E-state index contributed by atoms with van der Waals surface area (Å²) >= 11 is 5.97. The summed E-state index contributed by atoms with van der Waals surface area (Å²) < 4.78 is 8.21. The van der Waals surface area contributed by atoms with E-state index in [1.165, 1.54) is 20.3 Å². The van der Waals surface area contributed by atoms with Crippen LogP contribution in [0.1, 0.15) is 22.7 Å². The first-order valence-electron chi connectivity index (χ1n) is 6.57. The molecule has 4 heteroatoms. The van der Waals surface area contributed by atoms with Crippen LogP contribution in [0, 0.1) is 3.57 Å². The minimum absolute atomic E-state index is 0.147. The molecule has 0 aliphatic carbocycles. The second kappa shape index (κ2) is 6.03. The van der Waals surface area contributed by atoms with E-state index in [0.29, 0.717) is 0 Å². The van der Waals surface area contributed by atoms with Crippen molar-refractivity contribution < 1.29 is 4.74 Å². The Bertz CT molecular complexity index is 644. The first-order chi connectivity index (χ1) is 9.69. The third-order valence-electron chi connectivity index (χ3n) is 3.56. The molecule has 1 aliphatic rings. The summed E-state index contributed by atoms with van der Waals surface area (Å²) in [5.41, 5.74) is 3.76. The molecule has 104 valence electrons. The van der Waals surface area contributed by atoms with Gasteiger partial charge in [0, 0.05) is 20.0 Å². The number of hydrogen-bond acceptors (Lipinski definition) is 2. The average molecular weight is 444 g/mol. The molecule has 1 atom stereocenters. The molecule has 3 rings (SSSR count). The monoisotopic (exact) mass is 443 g/mol. The summed E-state index contributed by atoms with van der Waals surface area (Å²) in [5.74, 6) is 1.05. The lowest BCUT2D eigenvalue weighted by atomic mass is 9.96. The Morgan fingerprint density at radius 1 is 1.30 bits per heavy atom. The van der Waals surface area contributed by atoms with Crippen LogP contribution in [0.2, 0.25) is 0 Å². The van der Waals surface area contributed by atoms with E-state index >= 15 is 0 Å². The van der Waals surface area contributed by atoms with E-state index < -0.39 is 0 Å². The minimum Gasteiger partial charge on any atom is -0.493 e. The fraction of sp³-hybridized carbons (Fsp3) is 0.250. The van der Waals surface area contributed by atoms with Gasteiger partial charge in [0.25, 0.3) is 0 Å². The van der Waals surface area contributed by atoms with Gasteiger partial charge in [-0.25, -0.2) is 0 Å². The number of benzene rings is 2. The van der Waals surface area contributed by atoms with Crippen LogP contribution in [-0.4, -0.2) is 13.7 Å². The zero-order valence-electron chi connectivity index (χ0n) is 11.1. The van der Waals surface area contributed by atoms with Crippen molar-refractivity contribution in [3.05, 3.63) is 61.1 Å². The van der Waals surface area contributed by atoms with E-state index in [9.17, 15) is 0 Å². The van der Waals surface area contributed by atoms with Gasteiger partial charge in [-0.05, 0) is 65.0 Å². The highest BCUT2D eigenvalue weighted by molar-refractivity contribution is 14.1. The Labute approximate surface area is 141 Å². The third-order valence-corrected chi connectivity index (χ3v) is 4.69. The van der Waals surface area contributed by atoms with Gasteiger partial charge >= 0.3 is 0 Å². The van der Waals surface area contributed by atoms with Gasteiger partial charge in [-0.1, -0.05) is 28.1 Å². The second-order valence-electron chi connectivity index (χ2n) is 4.86. The molecule has 0 saturated carbocycles. The lowest BCUT2D eigenvalue weighted by Crippen LogP contribution is -2.18. The highest BCUT2D eigenvalue weighted by atomic mass is 127. The fourth-order valence-electron chi connectivity index (χ4n) is 2.70. The maximum atomic E-state index is 5.86. The molecule has 1 unspecified atom stereocenters. The molecule has 1 aliphatic heterocycles. The molecule has 0 bridgehead atoms. The summed E-state index contributed by atoms with van der Waals surface area (Å²) in [6, 6.07) is 13.0. The van der Waals surface area contributed by atoms with Crippen LogP contribution in [-0.2, 0) is 6.42 Å². The molecule has 0 fully saturated rings. The van der Waals surface area contributed by atoms with Crippen molar-refractivity contribution in [1.29, 1.82) is 0 Å². The van der Waals surface area contributed by atoms with Crippen LogP contribution in [0.3, 0.4) is 0 Å². The summed E-state index contributed by atoms with van der Waals surface area (Å²) in [6.45, 7) is 0.779. The molecule has 1 N–H and O–H groups in total. The molecule has 0 amide bonds. The maximum absolute atomic E-state index is 5.86. The van der Waals surface area contributed by atoms with E-state index in [-0.39, 0.29) is 6.04 Å². The van der Waals surface area contributed by atoms with Gasteiger partial charge in [-0.3, -0.25) is 0 Å². The zero-order chi connectivity index (χ0) is 14.1. The standard InChI is InChI=1S/C16H15BrINO/c1-19-15(10-3-2-4-13(18)8-10)14-9-12(17)7-11-5-6-20-16(11)14/h2-4,7-9,15,19H,5-6H2,1H3. The van der Waals surface area contributed by atoms with Crippen molar-refractivity contribution >= 4 is 38.5 Å². The van der Waals surface area contributed by atoms with Gasteiger partial charge in [0.2, 0.25) is 0 Å². The van der Waals surface area contributed by atoms with Crippen molar-refractivity contribution in [3.8, 4) is 5.75 Å². The van der Waals surface area contributed by atoms with Crippen LogP contribution >= 0.6 is 38.5 Å². The van der Waals surface area contributed by atoms with Gasteiger partial charge < -0.3 is 10.1 Å². The van der Waals surface area contributed by atoms with Gasteiger partial charge in [0.1, 0.15) is 5.75 Å². The molecule has 0 saturated heterocycles. The van der Waals surface area contributed by atoms with Crippen LogP contribution in [0.5, 0.6) is 5.75 Å². The molecule has 1 heterocycles. The molecule has 2 nitrogen and oxygen atoms in total. The summed E-state index contributed by atoms with van der Waals surface area (Å²) in [4.78, 5) is 0. The third kappa shape index (κ3) is 2.73. The molecule has 20 heavy (non-hydrogen) atoms.